The zero-order chi connectivity index (χ0) is 21.1. The van der Waals surface area contributed by atoms with Crippen LogP contribution in [0.4, 0.5) is 5.00 Å². The van der Waals surface area contributed by atoms with E-state index in [1.165, 1.54) is 11.3 Å². The van der Waals surface area contributed by atoms with Gasteiger partial charge in [-0.15, -0.1) is 11.3 Å². The van der Waals surface area contributed by atoms with Gasteiger partial charge in [0, 0.05) is 29.0 Å². The number of esters is 2. The summed E-state index contributed by atoms with van der Waals surface area (Å²) in [4.78, 5) is 37.9. The predicted octanol–water partition coefficient (Wildman–Crippen LogP) is 3.83. The lowest BCUT2D eigenvalue weighted by Gasteiger charge is -2.08. The molecule has 29 heavy (non-hydrogen) atoms. The molecule has 0 atom stereocenters. The van der Waals surface area contributed by atoms with E-state index in [0.717, 1.165) is 21.3 Å². The number of anilines is 1. The zero-order valence-electron chi connectivity index (χ0n) is 16.7. The Labute approximate surface area is 172 Å². The molecular weight excluding hydrogens is 392 g/mol. The van der Waals surface area contributed by atoms with Crippen molar-refractivity contribution in [1.82, 2.24) is 4.57 Å². The van der Waals surface area contributed by atoms with E-state index in [1.807, 2.05) is 42.8 Å². The van der Waals surface area contributed by atoms with Crippen molar-refractivity contribution in [2.24, 2.45) is 7.05 Å². The fraction of sp³-hybridized carbons (Fsp3) is 0.286. The first kappa shape index (κ1) is 20.6. The highest BCUT2D eigenvalue weighted by molar-refractivity contribution is 7.16. The van der Waals surface area contributed by atoms with E-state index >= 15 is 0 Å². The van der Waals surface area contributed by atoms with E-state index in [2.05, 4.69) is 5.32 Å². The molecule has 152 valence electrons. The van der Waals surface area contributed by atoms with E-state index in [1.54, 1.807) is 20.0 Å². The Kier molecular flexibility index (Phi) is 6.03. The molecule has 0 spiro atoms. The lowest BCUT2D eigenvalue weighted by molar-refractivity contribution is -0.119. The Bertz CT molecular complexity index is 1100. The summed E-state index contributed by atoms with van der Waals surface area (Å²) in [6.45, 7) is 5.16. The van der Waals surface area contributed by atoms with Gasteiger partial charge >= 0.3 is 11.9 Å². The van der Waals surface area contributed by atoms with Crippen molar-refractivity contribution in [3.05, 3.63) is 52.0 Å². The average Bonchev–Trinajstić information content (AvgIpc) is 3.17. The largest absolute Gasteiger partial charge is 0.462 e. The molecule has 0 fully saturated rings. The fourth-order valence-electron chi connectivity index (χ4n) is 3.04. The zero-order valence-corrected chi connectivity index (χ0v) is 17.5. The molecule has 3 aromatic rings. The molecule has 0 aliphatic heterocycles. The van der Waals surface area contributed by atoms with E-state index < -0.39 is 24.5 Å². The molecule has 2 heterocycles. The molecule has 2 aromatic heterocycles. The summed E-state index contributed by atoms with van der Waals surface area (Å²) >= 11 is 1.28. The molecule has 1 amide bonds. The van der Waals surface area contributed by atoms with Crippen molar-refractivity contribution in [2.75, 3.05) is 18.5 Å². The van der Waals surface area contributed by atoms with Crippen molar-refractivity contribution in [3.63, 3.8) is 0 Å². The van der Waals surface area contributed by atoms with Crippen LogP contribution in [0.15, 0.2) is 30.5 Å². The predicted molar refractivity (Wildman–Crippen MR) is 112 cm³/mol. The number of rotatable bonds is 6. The molecule has 1 N–H and O–H groups in total. The van der Waals surface area contributed by atoms with Crippen LogP contribution in [0, 0.1) is 13.8 Å². The van der Waals surface area contributed by atoms with Gasteiger partial charge in [0.15, 0.2) is 6.61 Å². The average molecular weight is 414 g/mol. The number of aromatic nitrogens is 1. The maximum absolute atomic E-state index is 12.5. The minimum absolute atomic E-state index is 0.239. The number of thiophene rings is 1. The summed E-state index contributed by atoms with van der Waals surface area (Å²) < 4.78 is 12.1. The van der Waals surface area contributed by atoms with Gasteiger partial charge in [-0.05, 0) is 32.4 Å². The first-order valence-electron chi connectivity index (χ1n) is 9.11. The number of nitrogens with one attached hydrogen (secondary N) is 1. The highest BCUT2D eigenvalue weighted by Crippen LogP contribution is 2.33. The van der Waals surface area contributed by atoms with Crippen molar-refractivity contribution < 1.29 is 23.9 Å². The standard InChI is InChI=1S/C21H22N2O5S/c1-5-27-21(26)18-12(2)13(3)29-19(18)22-17(24)11-28-20(25)15-10-23(4)16-9-7-6-8-14(15)16/h6-10H,5,11H2,1-4H3,(H,22,24). The lowest BCUT2D eigenvalue weighted by atomic mass is 10.1. The van der Waals surface area contributed by atoms with Crippen LogP contribution in [0.3, 0.4) is 0 Å². The van der Waals surface area contributed by atoms with Crippen molar-refractivity contribution in [3.8, 4) is 0 Å². The van der Waals surface area contributed by atoms with Crippen LogP contribution in [0.25, 0.3) is 10.9 Å². The third-order valence-corrected chi connectivity index (χ3v) is 5.69. The van der Waals surface area contributed by atoms with Gasteiger partial charge in [-0.2, -0.15) is 0 Å². The van der Waals surface area contributed by atoms with E-state index in [9.17, 15) is 14.4 Å². The molecule has 8 heteroatoms. The van der Waals surface area contributed by atoms with Gasteiger partial charge in [0.1, 0.15) is 5.00 Å². The molecule has 0 saturated heterocycles. The SMILES string of the molecule is CCOC(=O)c1c(NC(=O)COC(=O)c2cn(C)c3ccccc23)sc(C)c1C. The third kappa shape index (κ3) is 4.17. The van der Waals surface area contributed by atoms with Gasteiger partial charge in [-0.25, -0.2) is 9.59 Å². The Balaban J connectivity index is 1.70. The van der Waals surface area contributed by atoms with Gasteiger partial charge in [-0.3, -0.25) is 4.79 Å². The molecule has 0 aliphatic rings. The number of ether oxygens (including phenoxy) is 2. The van der Waals surface area contributed by atoms with E-state index in [-0.39, 0.29) is 6.61 Å². The van der Waals surface area contributed by atoms with Crippen LogP contribution in [-0.2, 0) is 21.3 Å². The van der Waals surface area contributed by atoms with E-state index in [0.29, 0.717) is 16.1 Å². The summed E-state index contributed by atoms with van der Waals surface area (Å²) in [7, 11) is 1.84. The molecule has 0 saturated carbocycles. The van der Waals surface area contributed by atoms with Gasteiger partial charge in [0.25, 0.3) is 5.91 Å². The summed E-state index contributed by atoms with van der Waals surface area (Å²) in [5.74, 6) is -1.59. The Hall–Kier alpha value is -3.13. The van der Waals surface area contributed by atoms with Crippen LogP contribution in [-0.4, -0.2) is 35.6 Å². The molecule has 0 aliphatic carbocycles. The van der Waals surface area contributed by atoms with Gasteiger partial charge in [0.2, 0.25) is 0 Å². The number of carbonyl (C=O) groups excluding carboxylic acids is 3. The van der Waals surface area contributed by atoms with Crippen molar-refractivity contribution in [2.45, 2.75) is 20.8 Å². The Morgan fingerprint density at radius 2 is 1.83 bits per heavy atom. The van der Waals surface area contributed by atoms with Crippen LogP contribution in [0.2, 0.25) is 0 Å². The number of aryl methyl sites for hydroxylation is 2. The van der Waals surface area contributed by atoms with Gasteiger partial charge in [0.05, 0.1) is 17.7 Å². The Morgan fingerprint density at radius 1 is 1.10 bits per heavy atom. The number of carbonyl (C=O) groups is 3. The number of para-hydroxylation sites is 1. The topological polar surface area (TPSA) is 86.6 Å². The highest BCUT2D eigenvalue weighted by Gasteiger charge is 2.23. The molecule has 3 rings (SSSR count). The number of nitrogens with zero attached hydrogens (tertiary/aromatic N) is 1. The van der Waals surface area contributed by atoms with Gasteiger partial charge < -0.3 is 19.4 Å². The summed E-state index contributed by atoms with van der Waals surface area (Å²) in [6, 6.07) is 7.45. The smallest absolute Gasteiger partial charge is 0.341 e. The van der Waals surface area contributed by atoms with Crippen molar-refractivity contribution in [1.29, 1.82) is 0 Å². The molecule has 0 radical (unpaired) electrons. The number of fused-ring (bicyclic) bond motifs is 1. The van der Waals surface area contributed by atoms with Crippen LogP contribution in [0.1, 0.15) is 38.1 Å². The normalized spacial score (nSPS) is 10.8. The number of hydrogen-bond acceptors (Lipinski definition) is 6. The minimum Gasteiger partial charge on any atom is -0.462 e. The van der Waals surface area contributed by atoms with Crippen molar-refractivity contribution >= 4 is 45.1 Å². The highest BCUT2D eigenvalue weighted by atomic mass is 32.1. The second-order valence-electron chi connectivity index (χ2n) is 6.50. The summed E-state index contributed by atoms with van der Waals surface area (Å²) in [5, 5.41) is 3.81. The quantitative estimate of drug-likeness (QED) is 0.620. The summed E-state index contributed by atoms with van der Waals surface area (Å²) in [5.41, 5.74) is 2.39. The molecule has 0 bridgehead atoms. The molecule has 0 unspecified atom stereocenters. The molecule has 7 nitrogen and oxygen atoms in total. The second kappa shape index (κ2) is 8.48. The van der Waals surface area contributed by atoms with Gasteiger partial charge in [-0.1, -0.05) is 18.2 Å². The number of amides is 1. The third-order valence-electron chi connectivity index (χ3n) is 4.57. The van der Waals surface area contributed by atoms with E-state index in [4.69, 9.17) is 9.47 Å². The maximum Gasteiger partial charge on any atom is 0.341 e. The monoisotopic (exact) mass is 414 g/mol. The van der Waals surface area contributed by atoms with Crippen LogP contribution >= 0.6 is 11.3 Å². The lowest BCUT2D eigenvalue weighted by Crippen LogP contribution is -2.21. The fourth-order valence-corrected chi connectivity index (χ4v) is 4.10. The number of hydrogen-bond donors (Lipinski definition) is 1. The Morgan fingerprint density at radius 3 is 2.55 bits per heavy atom. The first-order chi connectivity index (χ1) is 13.8. The maximum atomic E-state index is 12.5. The van der Waals surface area contributed by atoms with Crippen LogP contribution in [0.5, 0.6) is 0 Å². The molecular formula is C21H22N2O5S. The first-order valence-corrected chi connectivity index (χ1v) is 9.93. The minimum atomic E-state index is -0.582. The molecule has 1 aromatic carbocycles. The summed E-state index contributed by atoms with van der Waals surface area (Å²) in [6.07, 6.45) is 1.68. The second-order valence-corrected chi connectivity index (χ2v) is 7.73. The number of benzene rings is 1. The van der Waals surface area contributed by atoms with Crippen LogP contribution < -0.4 is 5.32 Å².